The number of hydrogen-bond donors (Lipinski definition) is 2. The molecule has 0 bridgehead atoms. The normalized spacial score (nSPS) is 15.6. The van der Waals surface area contributed by atoms with E-state index in [2.05, 4.69) is 19.4 Å². The fourth-order valence-electron chi connectivity index (χ4n) is 2.64. The predicted octanol–water partition coefficient (Wildman–Crippen LogP) is 2.92. The zero-order valence-electron chi connectivity index (χ0n) is 14.6. The highest BCUT2D eigenvalue weighted by Crippen LogP contribution is 2.36. The summed E-state index contributed by atoms with van der Waals surface area (Å²) in [6.07, 6.45) is 0. The van der Waals surface area contributed by atoms with Gasteiger partial charge in [0, 0.05) is 4.90 Å². The van der Waals surface area contributed by atoms with Gasteiger partial charge in [0.1, 0.15) is 11.0 Å². The molecule has 8 nitrogen and oxygen atoms in total. The van der Waals surface area contributed by atoms with E-state index in [1.54, 1.807) is 36.4 Å². The largest absolute Gasteiger partial charge is 0.452 e. The van der Waals surface area contributed by atoms with Crippen LogP contribution in [0.5, 0.6) is 0 Å². The van der Waals surface area contributed by atoms with Crippen LogP contribution in [0, 0.1) is 0 Å². The Morgan fingerprint density at radius 1 is 1.25 bits per heavy atom. The van der Waals surface area contributed by atoms with Crippen molar-refractivity contribution >= 4 is 63.7 Å². The second-order valence-corrected chi connectivity index (χ2v) is 7.93. The minimum Gasteiger partial charge on any atom is -0.452 e. The van der Waals surface area contributed by atoms with Crippen LogP contribution in [0.3, 0.4) is 0 Å². The van der Waals surface area contributed by atoms with Gasteiger partial charge < -0.3 is 15.4 Å². The monoisotopic (exact) mass is 414 g/mol. The van der Waals surface area contributed by atoms with Crippen molar-refractivity contribution < 1.29 is 19.1 Å². The molecule has 4 rings (SSSR count). The number of carbonyl (C=O) groups excluding carboxylic acids is 3. The summed E-state index contributed by atoms with van der Waals surface area (Å²) in [5.74, 6) is -1.25. The van der Waals surface area contributed by atoms with Crippen LogP contribution < -0.4 is 10.6 Å². The Morgan fingerprint density at radius 2 is 2.11 bits per heavy atom. The van der Waals surface area contributed by atoms with E-state index in [0.29, 0.717) is 22.4 Å². The number of fused-ring (bicyclic) bond motifs is 2. The Balaban J connectivity index is 1.39. The Hall–Kier alpha value is -2.98. The first-order valence-electron chi connectivity index (χ1n) is 8.31. The first-order chi connectivity index (χ1) is 13.5. The molecule has 10 heteroatoms. The van der Waals surface area contributed by atoms with Crippen LogP contribution in [-0.2, 0) is 14.3 Å². The first-order valence-corrected chi connectivity index (χ1v) is 9.92. The maximum Gasteiger partial charge on any atom is 0.338 e. The SMILES string of the molecule is CC1Sc2ccc(C(=O)OCC(=O)Nc3cccc4nsnc34)cc2NC1=O. The first kappa shape index (κ1) is 18.4. The average molecular weight is 414 g/mol. The van der Waals surface area contributed by atoms with Crippen molar-refractivity contribution in [2.45, 2.75) is 17.1 Å². The van der Waals surface area contributed by atoms with Crippen molar-refractivity contribution in [2.24, 2.45) is 0 Å². The molecule has 2 heterocycles. The van der Waals surface area contributed by atoms with Gasteiger partial charge in [0.15, 0.2) is 6.61 Å². The molecule has 28 heavy (non-hydrogen) atoms. The van der Waals surface area contributed by atoms with Crippen LogP contribution in [0.2, 0.25) is 0 Å². The number of nitrogens with zero attached hydrogens (tertiary/aromatic N) is 2. The van der Waals surface area contributed by atoms with Crippen LogP contribution >= 0.6 is 23.5 Å². The smallest absolute Gasteiger partial charge is 0.338 e. The Morgan fingerprint density at radius 3 is 2.96 bits per heavy atom. The minimum atomic E-state index is -0.649. The molecular weight excluding hydrogens is 400 g/mol. The Kier molecular flexibility index (Phi) is 4.97. The molecule has 0 spiro atoms. The quantitative estimate of drug-likeness (QED) is 0.632. The van der Waals surface area contributed by atoms with E-state index in [4.69, 9.17) is 4.74 Å². The highest BCUT2D eigenvalue weighted by atomic mass is 32.2. The molecule has 0 aliphatic carbocycles. The van der Waals surface area contributed by atoms with Crippen molar-refractivity contribution in [1.29, 1.82) is 0 Å². The van der Waals surface area contributed by atoms with Gasteiger partial charge in [-0.1, -0.05) is 6.07 Å². The van der Waals surface area contributed by atoms with Gasteiger partial charge in [-0.15, -0.1) is 11.8 Å². The zero-order valence-corrected chi connectivity index (χ0v) is 16.2. The summed E-state index contributed by atoms with van der Waals surface area (Å²) < 4.78 is 13.3. The summed E-state index contributed by atoms with van der Waals surface area (Å²) in [5.41, 5.74) is 2.60. The number of benzene rings is 2. The van der Waals surface area contributed by atoms with Crippen molar-refractivity contribution in [3.63, 3.8) is 0 Å². The number of rotatable bonds is 4. The number of anilines is 2. The lowest BCUT2D eigenvalue weighted by atomic mass is 10.2. The van der Waals surface area contributed by atoms with E-state index in [1.807, 2.05) is 6.92 Å². The summed E-state index contributed by atoms with van der Waals surface area (Å²) in [7, 11) is 0. The fraction of sp³-hybridized carbons (Fsp3) is 0.167. The molecule has 0 saturated carbocycles. The number of aromatic nitrogens is 2. The van der Waals surface area contributed by atoms with E-state index >= 15 is 0 Å². The lowest BCUT2D eigenvalue weighted by Gasteiger charge is -2.21. The Labute approximate surface area is 168 Å². The van der Waals surface area contributed by atoms with E-state index in [9.17, 15) is 14.4 Å². The van der Waals surface area contributed by atoms with Gasteiger partial charge in [-0.25, -0.2) is 4.79 Å². The van der Waals surface area contributed by atoms with E-state index in [-0.39, 0.29) is 16.7 Å². The molecule has 142 valence electrons. The number of nitrogens with one attached hydrogen (secondary N) is 2. The molecule has 1 atom stereocenters. The lowest BCUT2D eigenvalue weighted by molar-refractivity contribution is -0.119. The average Bonchev–Trinajstić information content (AvgIpc) is 3.16. The van der Waals surface area contributed by atoms with Gasteiger partial charge in [-0.2, -0.15) is 8.75 Å². The van der Waals surface area contributed by atoms with Crippen molar-refractivity contribution in [3.8, 4) is 0 Å². The molecule has 1 aromatic heterocycles. The van der Waals surface area contributed by atoms with Crippen LogP contribution in [0.1, 0.15) is 17.3 Å². The third-order valence-corrected chi connectivity index (χ3v) is 5.76. The van der Waals surface area contributed by atoms with Gasteiger partial charge in [0.25, 0.3) is 5.91 Å². The number of amides is 2. The molecular formula is C18H14N4O4S2. The minimum absolute atomic E-state index is 0.117. The van der Waals surface area contributed by atoms with Crippen LogP contribution in [-0.4, -0.2) is 38.4 Å². The lowest BCUT2D eigenvalue weighted by Crippen LogP contribution is -2.26. The summed E-state index contributed by atoms with van der Waals surface area (Å²) in [6, 6.07) is 10.2. The second-order valence-electron chi connectivity index (χ2n) is 6.02. The third-order valence-electron chi connectivity index (χ3n) is 4.04. The number of thioether (sulfide) groups is 1. The van der Waals surface area contributed by atoms with E-state index < -0.39 is 18.5 Å². The summed E-state index contributed by atoms with van der Waals surface area (Å²) in [5, 5.41) is 5.24. The predicted molar refractivity (Wildman–Crippen MR) is 107 cm³/mol. The molecule has 2 N–H and O–H groups in total. The highest BCUT2D eigenvalue weighted by molar-refractivity contribution is 8.00. The second kappa shape index (κ2) is 7.56. The van der Waals surface area contributed by atoms with Crippen molar-refractivity contribution in [3.05, 3.63) is 42.0 Å². The topological polar surface area (TPSA) is 110 Å². The number of hydrogen-bond acceptors (Lipinski definition) is 8. The fourth-order valence-corrected chi connectivity index (χ4v) is 4.12. The van der Waals surface area contributed by atoms with Gasteiger partial charge in [-0.05, 0) is 37.3 Å². The summed E-state index contributed by atoms with van der Waals surface area (Å²) in [4.78, 5) is 37.1. The maximum atomic E-state index is 12.3. The molecule has 3 aromatic rings. The van der Waals surface area contributed by atoms with Crippen LogP contribution in [0.4, 0.5) is 11.4 Å². The van der Waals surface area contributed by atoms with E-state index in [1.165, 1.54) is 11.8 Å². The zero-order chi connectivity index (χ0) is 19.7. The summed E-state index contributed by atoms with van der Waals surface area (Å²) in [6.45, 7) is 1.37. The molecule has 1 unspecified atom stereocenters. The van der Waals surface area contributed by atoms with Crippen molar-refractivity contribution in [1.82, 2.24) is 8.75 Å². The number of carbonyl (C=O) groups is 3. The number of ether oxygens (including phenoxy) is 1. The molecule has 0 radical (unpaired) electrons. The molecule has 2 amide bonds. The molecule has 0 saturated heterocycles. The van der Waals surface area contributed by atoms with Gasteiger partial charge >= 0.3 is 5.97 Å². The molecule has 1 aliphatic rings. The molecule has 1 aliphatic heterocycles. The molecule has 0 fully saturated rings. The third kappa shape index (κ3) is 3.69. The standard InChI is InChI=1S/C18H14N4O4S2/c1-9-17(24)20-13-7-10(5-6-14(13)27-9)18(25)26-8-15(23)19-11-3-2-4-12-16(11)22-28-21-12/h2-7,9H,8H2,1H3,(H,19,23)(H,20,24). The maximum absolute atomic E-state index is 12.3. The van der Waals surface area contributed by atoms with E-state index in [0.717, 1.165) is 16.6 Å². The summed E-state index contributed by atoms with van der Waals surface area (Å²) >= 11 is 2.48. The van der Waals surface area contributed by atoms with Crippen LogP contribution in [0.15, 0.2) is 41.3 Å². The van der Waals surface area contributed by atoms with Crippen molar-refractivity contribution in [2.75, 3.05) is 17.2 Å². The number of esters is 1. The Bertz CT molecular complexity index is 1100. The van der Waals surface area contributed by atoms with Gasteiger partial charge in [0.05, 0.1) is 33.9 Å². The van der Waals surface area contributed by atoms with Gasteiger partial charge in [0.2, 0.25) is 5.91 Å². The van der Waals surface area contributed by atoms with Crippen LogP contribution in [0.25, 0.3) is 11.0 Å². The molecule has 2 aromatic carbocycles. The highest BCUT2D eigenvalue weighted by Gasteiger charge is 2.24. The van der Waals surface area contributed by atoms with Gasteiger partial charge in [-0.3, -0.25) is 9.59 Å².